The maximum Gasteiger partial charge on any atom is 0.166 e. The second-order valence-corrected chi connectivity index (χ2v) is 5.45. The van der Waals surface area contributed by atoms with E-state index in [0.717, 1.165) is 29.2 Å². The number of hydrogen-bond acceptors (Lipinski definition) is 3. The number of nitrogens with one attached hydrogen (secondary N) is 1. The maximum atomic E-state index is 5.87. The fraction of sp³-hybridized carbons (Fsp3) is 0.368. The number of methoxy groups -OCH3 is 1. The summed E-state index contributed by atoms with van der Waals surface area (Å²) in [4.78, 5) is 0. The lowest BCUT2D eigenvalue weighted by atomic mass is 10.1. The summed E-state index contributed by atoms with van der Waals surface area (Å²) in [6.45, 7) is 7.75. The van der Waals surface area contributed by atoms with Crippen LogP contribution in [0.4, 0.5) is 5.69 Å². The van der Waals surface area contributed by atoms with Crippen LogP contribution in [0.3, 0.4) is 0 Å². The van der Waals surface area contributed by atoms with E-state index in [-0.39, 0.29) is 0 Å². The molecule has 0 saturated carbocycles. The minimum atomic E-state index is 0.691. The van der Waals surface area contributed by atoms with Crippen molar-refractivity contribution in [3.8, 4) is 11.5 Å². The molecule has 0 bridgehead atoms. The maximum absolute atomic E-state index is 5.87. The van der Waals surface area contributed by atoms with Crippen LogP contribution in [0.15, 0.2) is 36.4 Å². The topological polar surface area (TPSA) is 30.5 Å². The van der Waals surface area contributed by atoms with Crippen LogP contribution in [-0.4, -0.2) is 13.7 Å². The largest absolute Gasteiger partial charge is 0.493 e. The Labute approximate surface area is 133 Å². The van der Waals surface area contributed by atoms with Crippen LogP contribution in [0.2, 0.25) is 0 Å². The molecule has 0 radical (unpaired) electrons. The summed E-state index contributed by atoms with van der Waals surface area (Å²) in [6.07, 6.45) is 0.974. The third-order valence-corrected chi connectivity index (χ3v) is 3.72. The molecule has 0 amide bonds. The first-order chi connectivity index (χ1) is 10.7. The van der Waals surface area contributed by atoms with Gasteiger partial charge in [0.2, 0.25) is 0 Å². The predicted molar refractivity (Wildman–Crippen MR) is 92.0 cm³/mol. The highest BCUT2D eigenvalue weighted by Crippen LogP contribution is 2.31. The summed E-state index contributed by atoms with van der Waals surface area (Å²) >= 11 is 0. The molecule has 1 N–H and O–H groups in total. The van der Waals surface area contributed by atoms with Crippen LogP contribution < -0.4 is 14.8 Å². The van der Waals surface area contributed by atoms with E-state index in [0.29, 0.717) is 13.2 Å². The summed E-state index contributed by atoms with van der Waals surface area (Å²) in [5, 5.41) is 3.46. The standard InChI is InChI=1S/C19H25NO2/c1-5-11-22-19-16(7-6-8-18(19)21-4)13-20-17-10-9-14(2)15(3)12-17/h6-10,12,20H,5,11,13H2,1-4H3. The molecular weight excluding hydrogens is 274 g/mol. The van der Waals surface area contributed by atoms with Crippen molar-refractivity contribution in [3.63, 3.8) is 0 Å². The third-order valence-electron chi connectivity index (χ3n) is 3.72. The molecule has 2 aromatic rings. The summed E-state index contributed by atoms with van der Waals surface area (Å²) in [6, 6.07) is 12.4. The van der Waals surface area contributed by atoms with E-state index in [1.807, 2.05) is 12.1 Å². The Hall–Kier alpha value is -2.16. The first kappa shape index (κ1) is 16.2. The quantitative estimate of drug-likeness (QED) is 0.803. The van der Waals surface area contributed by atoms with Gasteiger partial charge in [0.1, 0.15) is 0 Å². The minimum absolute atomic E-state index is 0.691. The Kier molecular flexibility index (Phi) is 5.70. The molecule has 118 valence electrons. The Morgan fingerprint density at radius 2 is 1.86 bits per heavy atom. The van der Waals surface area contributed by atoms with E-state index in [2.05, 4.69) is 50.4 Å². The highest BCUT2D eigenvalue weighted by Gasteiger charge is 2.10. The van der Waals surface area contributed by atoms with E-state index in [1.165, 1.54) is 11.1 Å². The fourth-order valence-electron chi connectivity index (χ4n) is 2.28. The monoisotopic (exact) mass is 299 g/mol. The Bertz CT molecular complexity index is 623. The van der Waals surface area contributed by atoms with Crippen LogP contribution in [0.1, 0.15) is 30.0 Å². The number of rotatable bonds is 7. The van der Waals surface area contributed by atoms with Gasteiger partial charge < -0.3 is 14.8 Å². The van der Waals surface area contributed by atoms with Gasteiger partial charge in [0.25, 0.3) is 0 Å². The van der Waals surface area contributed by atoms with Crippen molar-refractivity contribution in [2.24, 2.45) is 0 Å². The lowest BCUT2D eigenvalue weighted by molar-refractivity contribution is 0.291. The summed E-state index contributed by atoms with van der Waals surface area (Å²) in [5.41, 5.74) is 4.82. The zero-order valence-electron chi connectivity index (χ0n) is 13.9. The molecule has 0 aliphatic heterocycles. The van der Waals surface area contributed by atoms with E-state index >= 15 is 0 Å². The van der Waals surface area contributed by atoms with E-state index in [1.54, 1.807) is 7.11 Å². The normalized spacial score (nSPS) is 10.4. The lowest BCUT2D eigenvalue weighted by Crippen LogP contribution is -2.05. The summed E-state index contributed by atoms with van der Waals surface area (Å²) in [5.74, 6) is 1.62. The van der Waals surface area contributed by atoms with Gasteiger partial charge in [0.05, 0.1) is 13.7 Å². The summed E-state index contributed by atoms with van der Waals surface area (Å²) in [7, 11) is 1.68. The molecule has 0 atom stereocenters. The molecule has 0 aliphatic carbocycles. The average molecular weight is 299 g/mol. The molecule has 2 rings (SSSR count). The van der Waals surface area contributed by atoms with Gasteiger partial charge in [-0.05, 0) is 49.6 Å². The van der Waals surface area contributed by atoms with E-state index < -0.39 is 0 Å². The highest BCUT2D eigenvalue weighted by molar-refractivity contribution is 5.51. The minimum Gasteiger partial charge on any atom is -0.493 e. The molecule has 3 nitrogen and oxygen atoms in total. The molecule has 0 aliphatic rings. The van der Waals surface area contributed by atoms with E-state index in [9.17, 15) is 0 Å². The molecule has 0 spiro atoms. The predicted octanol–water partition coefficient (Wildman–Crippen LogP) is 4.71. The van der Waals surface area contributed by atoms with Gasteiger partial charge in [-0.15, -0.1) is 0 Å². The molecule has 0 unspecified atom stereocenters. The van der Waals surface area contributed by atoms with Crippen molar-refractivity contribution < 1.29 is 9.47 Å². The van der Waals surface area contributed by atoms with Crippen LogP contribution in [0, 0.1) is 13.8 Å². The van der Waals surface area contributed by atoms with Crippen molar-refractivity contribution >= 4 is 5.69 Å². The smallest absolute Gasteiger partial charge is 0.166 e. The van der Waals surface area contributed by atoms with Crippen molar-refractivity contribution in [2.45, 2.75) is 33.7 Å². The molecule has 0 saturated heterocycles. The fourth-order valence-corrected chi connectivity index (χ4v) is 2.28. The van der Waals surface area contributed by atoms with Gasteiger partial charge in [-0.3, -0.25) is 0 Å². The number of anilines is 1. The molecule has 0 fully saturated rings. The van der Waals surface area contributed by atoms with Crippen LogP contribution >= 0.6 is 0 Å². The van der Waals surface area contributed by atoms with Crippen LogP contribution in [0.5, 0.6) is 11.5 Å². The zero-order chi connectivity index (χ0) is 15.9. The third kappa shape index (κ3) is 3.94. The Balaban J connectivity index is 2.15. The van der Waals surface area contributed by atoms with Crippen molar-refractivity contribution in [1.82, 2.24) is 0 Å². The van der Waals surface area contributed by atoms with E-state index in [4.69, 9.17) is 9.47 Å². The number of ether oxygens (including phenoxy) is 2. The van der Waals surface area contributed by atoms with Gasteiger partial charge in [-0.1, -0.05) is 25.1 Å². The number of aryl methyl sites for hydroxylation is 2. The van der Waals surface area contributed by atoms with Gasteiger partial charge in [-0.25, -0.2) is 0 Å². The van der Waals surface area contributed by atoms with Crippen molar-refractivity contribution in [2.75, 3.05) is 19.0 Å². The van der Waals surface area contributed by atoms with Crippen LogP contribution in [0.25, 0.3) is 0 Å². The van der Waals surface area contributed by atoms with Gasteiger partial charge in [0, 0.05) is 17.8 Å². The molecule has 3 heteroatoms. The molecule has 0 aromatic heterocycles. The molecule has 0 heterocycles. The number of para-hydroxylation sites is 1. The molecule has 2 aromatic carbocycles. The van der Waals surface area contributed by atoms with Crippen molar-refractivity contribution in [3.05, 3.63) is 53.1 Å². The first-order valence-corrected chi connectivity index (χ1v) is 7.75. The highest BCUT2D eigenvalue weighted by atomic mass is 16.5. The van der Waals surface area contributed by atoms with Gasteiger partial charge in [0.15, 0.2) is 11.5 Å². The van der Waals surface area contributed by atoms with Gasteiger partial charge in [-0.2, -0.15) is 0 Å². The van der Waals surface area contributed by atoms with Gasteiger partial charge >= 0.3 is 0 Å². The average Bonchev–Trinajstić information content (AvgIpc) is 2.54. The van der Waals surface area contributed by atoms with Crippen LogP contribution in [-0.2, 0) is 6.54 Å². The summed E-state index contributed by atoms with van der Waals surface area (Å²) < 4.78 is 11.3. The SMILES string of the molecule is CCCOc1c(CNc2ccc(C)c(C)c2)cccc1OC. The lowest BCUT2D eigenvalue weighted by Gasteiger charge is -2.16. The second-order valence-electron chi connectivity index (χ2n) is 5.45. The zero-order valence-corrected chi connectivity index (χ0v) is 13.9. The van der Waals surface area contributed by atoms with Crippen molar-refractivity contribution in [1.29, 1.82) is 0 Å². The first-order valence-electron chi connectivity index (χ1n) is 7.75. The number of benzene rings is 2. The number of hydrogen-bond donors (Lipinski definition) is 1. The second kappa shape index (κ2) is 7.74. The molecule has 22 heavy (non-hydrogen) atoms. The Morgan fingerprint density at radius 1 is 1.05 bits per heavy atom. The Morgan fingerprint density at radius 3 is 2.55 bits per heavy atom. The molecular formula is C19H25NO2.